The van der Waals surface area contributed by atoms with E-state index in [0.717, 1.165) is 0 Å². The molecule has 3 nitrogen and oxygen atoms in total. The fourth-order valence-electron chi connectivity index (χ4n) is 0.890. The maximum Gasteiger partial charge on any atom is 0.303 e. The van der Waals surface area contributed by atoms with Gasteiger partial charge in [0.05, 0.1) is 0 Å². The molecule has 0 saturated heterocycles. The molecule has 0 radical (unpaired) electrons. The number of hydrogen-bond donors (Lipinski definition) is 0. The van der Waals surface area contributed by atoms with Crippen molar-refractivity contribution in [3.8, 4) is 17.6 Å². The molecule has 1 aromatic carbocycles. The zero-order valence-corrected chi connectivity index (χ0v) is 9.58. The van der Waals surface area contributed by atoms with E-state index in [-0.39, 0.29) is 19.2 Å². The Labute approximate surface area is 99.3 Å². The van der Waals surface area contributed by atoms with E-state index in [1.807, 2.05) is 0 Å². The molecule has 0 spiro atoms. The van der Waals surface area contributed by atoms with Crippen LogP contribution in [0.2, 0.25) is 5.02 Å². The number of rotatable bonds is 3. The number of hydrogen-bond acceptors (Lipinski definition) is 3. The molecule has 0 aromatic heterocycles. The Hall–Kier alpha value is -1.66. The Balaban J connectivity index is 2.24. The van der Waals surface area contributed by atoms with Crippen LogP contribution in [-0.4, -0.2) is 19.2 Å². The van der Waals surface area contributed by atoms with Crippen molar-refractivity contribution in [1.82, 2.24) is 0 Å². The van der Waals surface area contributed by atoms with E-state index in [1.54, 1.807) is 24.3 Å². The van der Waals surface area contributed by atoms with Crippen LogP contribution in [0.3, 0.4) is 0 Å². The summed E-state index contributed by atoms with van der Waals surface area (Å²) in [5.74, 6) is 5.74. The van der Waals surface area contributed by atoms with E-state index in [2.05, 4.69) is 16.6 Å². The van der Waals surface area contributed by atoms with Crippen LogP contribution < -0.4 is 4.74 Å². The van der Waals surface area contributed by atoms with E-state index in [9.17, 15) is 4.79 Å². The molecule has 1 rings (SSSR count). The molecule has 0 bridgehead atoms. The lowest BCUT2D eigenvalue weighted by molar-refractivity contribution is -0.139. The monoisotopic (exact) mass is 238 g/mol. The van der Waals surface area contributed by atoms with Gasteiger partial charge in [-0.15, -0.1) is 0 Å². The van der Waals surface area contributed by atoms with Crippen LogP contribution in [0.5, 0.6) is 5.75 Å². The smallest absolute Gasteiger partial charge is 0.303 e. The summed E-state index contributed by atoms with van der Waals surface area (Å²) in [7, 11) is 0. The third-order valence-electron chi connectivity index (χ3n) is 1.60. The van der Waals surface area contributed by atoms with Crippen molar-refractivity contribution < 1.29 is 14.3 Å². The molecule has 0 aliphatic heterocycles. The van der Waals surface area contributed by atoms with Gasteiger partial charge in [-0.2, -0.15) is 0 Å². The Morgan fingerprint density at radius 2 is 1.88 bits per heavy atom. The van der Waals surface area contributed by atoms with Crippen LogP contribution in [0.1, 0.15) is 6.92 Å². The molecule has 0 atom stereocenters. The van der Waals surface area contributed by atoms with Gasteiger partial charge in [-0.05, 0) is 24.3 Å². The molecular formula is C12H11ClO3. The van der Waals surface area contributed by atoms with Crippen molar-refractivity contribution >= 4 is 17.6 Å². The van der Waals surface area contributed by atoms with Gasteiger partial charge < -0.3 is 9.47 Å². The SMILES string of the molecule is CC(=O)OCC#CCOc1ccc(Cl)cc1. The summed E-state index contributed by atoms with van der Waals surface area (Å²) in [6.45, 7) is 1.69. The topological polar surface area (TPSA) is 35.5 Å². The summed E-state index contributed by atoms with van der Waals surface area (Å²) >= 11 is 5.71. The van der Waals surface area contributed by atoms with E-state index in [1.165, 1.54) is 6.92 Å². The van der Waals surface area contributed by atoms with Crippen molar-refractivity contribution in [2.45, 2.75) is 6.92 Å². The zero-order valence-electron chi connectivity index (χ0n) is 8.83. The van der Waals surface area contributed by atoms with E-state index >= 15 is 0 Å². The van der Waals surface area contributed by atoms with Gasteiger partial charge in [0, 0.05) is 11.9 Å². The molecule has 0 amide bonds. The fourth-order valence-corrected chi connectivity index (χ4v) is 1.02. The van der Waals surface area contributed by atoms with Gasteiger partial charge in [0.25, 0.3) is 0 Å². The van der Waals surface area contributed by atoms with Crippen LogP contribution in [0.15, 0.2) is 24.3 Å². The first kappa shape index (κ1) is 12.4. The maximum absolute atomic E-state index is 10.4. The van der Waals surface area contributed by atoms with Crippen molar-refractivity contribution in [3.05, 3.63) is 29.3 Å². The van der Waals surface area contributed by atoms with Gasteiger partial charge in [-0.25, -0.2) is 0 Å². The average Bonchev–Trinajstić information content (AvgIpc) is 2.25. The van der Waals surface area contributed by atoms with Gasteiger partial charge in [0.2, 0.25) is 0 Å². The minimum Gasteiger partial charge on any atom is -0.481 e. The third-order valence-corrected chi connectivity index (χ3v) is 1.85. The molecule has 0 saturated carbocycles. The van der Waals surface area contributed by atoms with Crippen molar-refractivity contribution in [2.24, 2.45) is 0 Å². The maximum atomic E-state index is 10.4. The van der Waals surface area contributed by atoms with E-state index in [4.69, 9.17) is 16.3 Å². The Kier molecular flexibility index (Phi) is 5.24. The highest BCUT2D eigenvalue weighted by Gasteiger charge is 1.91. The van der Waals surface area contributed by atoms with Crippen LogP contribution in [0.25, 0.3) is 0 Å². The largest absolute Gasteiger partial charge is 0.481 e. The van der Waals surface area contributed by atoms with Gasteiger partial charge in [0.1, 0.15) is 12.4 Å². The third kappa shape index (κ3) is 5.28. The normalized spacial score (nSPS) is 8.88. The Morgan fingerprint density at radius 1 is 1.25 bits per heavy atom. The molecule has 1 aromatic rings. The first-order chi connectivity index (χ1) is 7.68. The standard InChI is InChI=1S/C12H11ClO3/c1-10(14)15-8-2-3-9-16-12-6-4-11(13)5-7-12/h4-7H,8-9H2,1H3. The summed E-state index contributed by atoms with van der Waals surface area (Å²) in [6.07, 6.45) is 0. The van der Waals surface area contributed by atoms with Crippen LogP contribution >= 0.6 is 11.6 Å². The summed E-state index contributed by atoms with van der Waals surface area (Å²) in [5, 5.41) is 0.660. The zero-order chi connectivity index (χ0) is 11.8. The summed E-state index contributed by atoms with van der Waals surface area (Å²) in [4.78, 5) is 10.4. The fraction of sp³-hybridized carbons (Fsp3) is 0.250. The highest BCUT2D eigenvalue weighted by Crippen LogP contribution is 2.14. The van der Waals surface area contributed by atoms with Crippen LogP contribution in [0.4, 0.5) is 0 Å². The predicted molar refractivity (Wildman–Crippen MR) is 61.4 cm³/mol. The first-order valence-corrected chi connectivity index (χ1v) is 5.04. The Bertz CT molecular complexity index is 401. The van der Waals surface area contributed by atoms with Crippen molar-refractivity contribution in [3.63, 3.8) is 0 Å². The van der Waals surface area contributed by atoms with Gasteiger partial charge in [0.15, 0.2) is 6.61 Å². The van der Waals surface area contributed by atoms with Gasteiger partial charge >= 0.3 is 5.97 Å². The number of esters is 1. The average molecular weight is 239 g/mol. The lowest BCUT2D eigenvalue weighted by atomic mass is 10.3. The minimum atomic E-state index is -0.340. The van der Waals surface area contributed by atoms with Gasteiger partial charge in [-0.3, -0.25) is 4.79 Å². The second-order valence-electron chi connectivity index (χ2n) is 2.88. The van der Waals surface area contributed by atoms with Crippen molar-refractivity contribution in [2.75, 3.05) is 13.2 Å². The quantitative estimate of drug-likeness (QED) is 0.599. The van der Waals surface area contributed by atoms with E-state index < -0.39 is 0 Å². The molecule has 0 N–H and O–H groups in total. The first-order valence-electron chi connectivity index (χ1n) is 4.66. The molecule has 0 aliphatic carbocycles. The Morgan fingerprint density at radius 3 is 2.50 bits per heavy atom. The van der Waals surface area contributed by atoms with Crippen LogP contribution in [-0.2, 0) is 9.53 Å². The number of carbonyl (C=O) groups excluding carboxylic acids is 1. The molecule has 0 aliphatic rings. The van der Waals surface area contributed by atoms with Crippen LogP contribution in [0, 0.1) is 11.8 Å². The number of ether oxygens (including phenoxy) is 2. The van der Waals surface area contributed by atoms with Gasteiger partial charge in [-0.1, -0.05) is 23.4 Å². The highest BCUT2D eigenvalue weighted by molar-refractivity contribution is 6.30. The lowest BCUT2D eigenvalue weighted by Gasteiger charge is -2.00. The lowest BCUT2D eigenvalue weighted by Crippen LogP contribution is -1.99. The number of halogens is 1. The molecule has 4 heteroatoms. The molecule has 16 heavy (non-hydrogen) atoms. The predicted octanol–water partition coefficient (Wildman–Crippen LogP) is 2.29. The molecule has 0 fully saturated rings. The second kappa shape index (κ2) is 6.76. The summed E-state index contributed by atoms with van der Waals surface area (Å²) in [5.41, 5.74) is 0. The van der Waals surface area contributed by atoms with Crippen molar-refractivity contribution in [1.29, 1.82) is 0 Å². The summed E-state index contributed by atoms with van der Waals surface area (Å²) < 4.78 is 9.92. The summed E-state index contributed by atoms with van der Waals surface area (Å²) in [6, 6.07) is 7.00. The highest BCUT2D eigenvalue weighted by atomic mass is 35.5. The minimum absolute atomic E-state index is 0.0965. The molecular weight excluding hydrogens is 228 g/mol. The number of carbonyl (C=O) groups is 1. The molecule has 0 heterocycles. The second-order valence-corrected chi connectivity index (χ2v) is 3.31. The number of benzene rings is 1. The van der Waals surface area contributed by atoms with E-state index in [0.29, 0.717) is 10.8 Å². The molecule has 84 valence electrons. The molecule has 0 unspecified atom stereocenters.